The van der Waals surface area contributed by atoms with E-state index in [1.165, 1.54) is 116 Å². The van der Waals surface area contributed by atoms with Gasteiger partial charge in [-0.15, -0.1) is 0 Å². The van der Waals surface area contributed by atoms with Gasteiger partial charge in [0.15, 0.2) is 0 Å². The van der Waals surface area contributed by atoms with Crippen LogP contribution in [0.25, 0.3) is 185 Å². The van der Waals surface area contributed by atoms with E-state index < -0.39 is 11.7 Å². The van der Waals surface area contributed by atoms with Gasteiger partial charge >= 0.3 is 6.18 Å². The summed E-state index contributed by atoms with van der Waals surface area (Å²) in [6, 6.07) is 66.9. The van der Waals surface area contributed by atoms with E-state index in [2.05, 4.69) is 182 Å². The first kappa shape index (κ1) is 44.1. The van der Waals surface area contributed by atoms with E-state index in [1.807, 2.05) is 30.9 Å². The first-order valence-corrected chi connectivity index (χ1v) is 27.3. The summed E-state index contributed by atoms with van der Waals surface area (Å²) in [6.07, 6.45) is 2.92. The highest BCUT2D eigenvalue weighted by Gasteiger charge is 2.36. The Kier molecular flexibility index (Phi) is 8.48. The largest absolute Gasteiger partial charge is 0.417 e. The van der Waals surface area contributed by atoms with Crippen LogP contribution in [0, 0.1) is 13.8 Å². The summed E-state index contributed by atoms with van der Waals surface area (Å²) in [6.45, 7) is 4.47. The molecule has 0 saturated heterocycles. The van der Waals surface area contributed by atoms with Crippen LogP contribution in [-0.4, -0.2) is 9.97 Å². The quantitative estimate of drug-likeness (QED) is 0.130. The smallest absolute Gasteiger partial charge is 0.265 e. The molecule has 0 aliphatic heterocycles. The van der Waals surface area contributed by atoms with Crippen molar-refractivity contribution in [3.05, 3.63) is 230 Å². The molecule has 2 aromatic heterocycles. The molecule has 0 bridgehead atoms. The van der Waals surface area contributed by atoms with Gasteiger partial charge in [0, 0.05) is 24.8 Å². The van der Waals surface area contributed by atoms with Gasteiger partial charge in [0.05, 0.1) is 5.56 Å². The number of hydrogen-bond acceptors (Lipinski definition) is 2. The van der Waals surface area contributed by atoms with Crippen LogP contribution in [0.4, 0.5) is 13.2 Å². The second-order valence-electron chi connectivity index (χ2n) is 22.1. The minimum absolute atomic E-state index is 0.219. The van der Waals surface area contributed by atoms with E-state index in [-0.39, 0.29) is 5.39 Å². The zero-order valence-corrected chi connectivity index (χ0v) is 43.2. The average molecular weight is 1030 g/mol. The Labute approximate surface area is 455 Å². The van der Waals surface area contributed by atoms with Gasteiger partial charge in [0.2, 0.25) is 0 Å². The summed E-state index contributed by atoms with van der Waals surface area (Å²) in [5.41, 5.74) is 16.2. The summed E-state index contributed by atoms with van der Waals surface area (Å²) in [5.74, 6) is 0. The molecule has 0 N–H and O–H groups in total. The predicted molar refractivity (Wildman–Crippen MR) is 329 cm³/mol. The third kappa shape index (κ3) is 5.49. The van der Waals surface area contributed by atoms with Gasteiger partial charge in [-0.05, 0) is 253 Å². The van der Waals surface area contributed by atoms with Crippen molar-refractivity contribution in [2.75, 3.05) is 0 Å². The summed E-state index contributed by atoms with van der Waals surface area (Å²) >= 11 is 0. The van der Waals surface area contributed by atoms with Gasteiger partial charge < -0.3 is 0 Å². The molecule has 1 aliphatic rings. The Bertz CT molecular complexity index is 5290. The molecule has 0 unspecified atom stereocenters. The molecule has 17 aromatic rings. The molecule has 15 aromatic carbocycles. The first-order chi connectivity index (χ1) is 39.2. The molecule has 2 heterocycles. The van der Waals surface area contributed by atoms with Crippen molar-refractivity contribution in [3.63, 3.8) is 0 Å². The van der Waals surface area contributed by atoms with Gasteiger partial charge in [-0.3, -0.25) is 9.97 Å². The van der Waals surface area contributed by atoms with Crippen LogP contribution in [0.2, 0.25) is 0 Å². The molecule has 0 saturated carbocycles. The van der Waals surface area contributed by atoms with E-state index in [9.17, 15) is 13.2 Å². The van der Waals surface area contributed by atoms with Crippen LogP contribution in [-0.2, 0) is 6.18 Å². The second-order valence-corrected chi connectivity index (χ2v) is 22.1. The third-order valence-corrected chi connectivity index (χ3v) is 18.3. The number of fused-ring (bicyclic) bond motifs is 13. The lowest BCUT2D eigenvalue weighted by atomic mass is 9.81. The Morgan fingerprint density at radius 1 is 0.263 bits per heavy atom. The van der Waals surface area contributed by atoms with Crippen molar-refractivity contribution < 1.29 is 13.2 Å². The highest BCUT2D eigenvalue weighted by Crippen LogP contribution is 2.62. The second kappa shape index (κ2) is 15.4. The van der Waals surface area contributed by atoms with E-state index in [0.29, 0.717) is 5.39 Å². The van der Waals surface area contributed by atoms with E-state index in [0.717, 1.165) is 76.1 Å². The Hall–Kier alpha value is -9.97. The number of aromatic nitrogens is 2. The normalized spacial score (nSPS) is 12.8. The van der Waals surface area contributed by atoms with Crippen molar-refractivity contribution in [2.24, 2.45) is 0 Å². The number of hydrogen-bond donors (Lipinski definition) is 0. The molecule has 80 heavy (non-hydrogen) atoms. The number of halogens is 3. The molecular formula is C75H41F3N2. The molecule has 0 amide bonds. The van der Waals surface area contributed by atoms with Crippen molar-refractivity contribution in [2.45, 2.75) is 20.0 Å². The van der Waals surface area contributed by atoms with Crippen molar-refractivity contribution in [1.29, 1.82) is 0 Å². The van der Waals surface area contributed by atoms with E-state index >= 15 is 0 Å². The number of alkyl halides is 3. The SMILES string of the molecule is Cc1ccccc1-c1c2c(c(-c3ccccc3C)c3ccccc13)-c1ccc3c4ccc5c6c(-c7ccncc7)c7cc8c(cc7c(-c7ccncc7)c6c6ccc(c7ccc-2c1c73)c4c65)c1cccc2c(C(F)(F)F)ccc8c21. The maximum atomic E-state index is 14.7. The standard InChI is InChI=1S/C75H41F3N2/c1-38-10-3-5-12-42(38)65-44-14-7-8-15-45(44)66(43-13-6-4-11-39(43)2)74-56-25-21-50-48-19-23-54-69-53(22-18-47(67(48)69)49-20-24-55(73(65)74)70(56)68(49)50)71-62(40-28-32-79-33-29-40)59-36-57-46-16-9-17-52-61(75(76,77)78)27-26-51(64(46)52)58(57)37-60(59)63(72(54)71)41-30-34-80-35-31-41/h3-37H,1-2H3. The Morgan fingerprint density at radius 3 is 1.15 bits per heavy atom. The summed E-state index contributed by atoms with van der Waals surface area (Å²) in [7, 11) is 0. The van der Waals surface area contributed by atoms with Gasteiger partial charge in [-0.2, -0.15) is 13.2 Å². The highest BCUT2D eigenvalue weighted by molar-refractivity contribution is 6.48. The maximum absolute atomic E-state index is 14.7. The first-order valence-electron chi connectivity index (χ1n) is 27.3. The fourth-order valence-corrected chi connectivity index (χ4v) is 15.2. The lowest BCUT2D eigenvalue weighted by molar-refractivity contribution is -0.136. The lowest BCUT2D eigenvalue weighted by Gasteiger charge is -2.22. The Morgan fingerprint density at radius 2 is 0.650 bits per heavy atom. The van der Waals surface area contributed by atoms with Crippen LogP contribution < -0.4 is 0 Å². The van der Waals surface area contributed by atoms with E-state index in [1.54, 1.807) is 18.2 Å². The van der Waals surface area contributed by atoms with Crippen LogP contribution in [0.3, 0.4) is 0 Å². The molecule has 1 aliphatic carbocycles. The van der Waals surface area contributed by atoms with Crippen LogP contribution in [0.15, 0.2) is 213 Å². The van der Waals surface area contributed by atoms with Gasteiger partial charge in [-0.25, -0.2) is 0 Å². The monoisotopic (exact) mass is 1030 g/mol. The van der Waals surface area contributed by atoms with Gasteiger partial charge in [0.25, 0.3) is 0 Å². The third-order valence-electron chi connectivity index (χ3n) is 18.3. The zero-order chi connectivity index (χ0) is 53.0. The highest BCUT2D eigenvalue weighted by atomic mass is 19.4. The minimum atomic E-state index is -4.50. The molecule has 18 rings (SSSR count). The number of aryl methyl sites for hydroxylation is 2. The Balaban J connectivity index is 0.994. The number of benzene rings is 13. The van der Waals surface area contributed by atoms with Crippen LogP contribution in [0.5, 0.6) is 0 Å². The minimum Gasteiger partial charge on any atom is -0.265 e. The van der Waals surface area contributed by atoms with Crippen LogP contribution in [0.1, 0.15) is 16.7 Å². The summed E-state index contributed by atoms with van der Waals surface area (Å²) in [5, 5.41) is 23.4. The summed E-state index contributed by atoms with van der Waals surface area (Å²) < 4.78 is 44.0. The molecule has 0 atom stereocenters. The fourth-order valence-electron chi connectivity index (χ4n) is 15.2. The van der Waals surface area contributed by atoms with Crippen molar-refractivity contribution >= 4 is 118 Å². The lowest BCUT2D eigenvalue weighted by Crippen LogP contribution is -2.05. The van der Waals surface area contributed by atoms with E-state index in [4.69, 9.17) is 0 Å². The van der Waals surface area contributed by atoms with Crippen LogP contribution >= 0.6 is 0 Å². The topological polar surface area (TPSA) is 25.8 Å². The zero-order valence-electron chi connectivity index (χ0n) is 43.2. The number of pyridine rings is 2. The van der Waals surface area contributed by atoms with Crippen molar-refractivity contribution in [3.8, 4) is 66.8 Å². The predicted octanol–water partition coefficient (Wildman–Crippen LogP) is 21.4. The fraction of sp³-hybridized carbons (Fsp3) is 0.0400. The molecule has 0 spiro atoms. The molecule has 372 valence electrons. The maximum Gasteiger partial charge on any atom is 0.417 e. The molecule has 5 heteroatoms. The average Bonchev–Trinajstić information content (AvgIpc) is 4.30. The van der Waals surface area contributed by atoms with Gasteiger partial charge in [0.1, 0.15) is 0 Å². The molecule has 0 radical (unpaired) electrons. The number of nitrogens with zero attached hydrogens (tertiary/aromatic N) is 2. The molecular weight excluding hydrogens is 986 g/mol. The van der Waals surface area contributed by atoms with Crippen molar-refractivity contribution in [1.82, 2.24) is 9.97 Å². The summed E-state index contributed by atoms with van der Waals surface area (Å²) in [4.78, 5) is 9.00. The molecule has 2 nitrogen and oxygen atoms in total. The molecule has 0 fully saturated rings. The number of rotatable bonds is 4. The van der Waals surface area contributed by atoms with Gasteiger partial charge in [-0.1, -0.05) is 146 Å².